The molecule has 1 aliphatic rings. The molecule has 0 radical (unpaired) electrons. The number of rotatable bonds is 6. The van der Waals surface area contributed by atoms with Gasteiger partial charge in [-0.3, -0.25) is 9.69 Å². The van der Waals surface area contributed by atoms with Gasteiger partial charge in [-0.25, -0.2) is 0 Å². The zero-order chi connectivity index (χ0) is 10.4. The molecular formula is C10H19NO3. The molecule has 0 spiro atoms. The molecule has 0 aliphatic carbocycles. The number of carbonyl (C=O) groups is 1. The van der Waals surface area contributed by atoms with Crippen molar-refractivity contribution in [1.82, 2.24) is 4.90 Å². The first kappa shape index (κ1) is 11.5. The summed E-state index contributed by atoms with van der Waals surface area (Å²) in [7, 11) is 0. The topological polar surface area (TPSA) is 49.8 Å². The van der Waals surface area contributed by atoms with Crippen LogP contribution < -0.4 is 0 Å². The highest BCUT2D eigenvalue weighted by molar-refractivity contribution is 5.73. The Morgan fingerprint density at radius 2 is 2.36 bits per heavy atom. The zero-order valence-corrected chi connectivity index (χ0v) is 8.74. The van der Waals surface area contributed by atoms with Gasteiger partial charge in [-0.15, -0.1) is 0 Å². The Labute approximate surface area is 84.8 Å². The molecule has 0 aromatic heterocycles. The van der Waals surface area contributed by atoms with E-state index in [1.54, 1.807) is 0 Å². The maximum atomic E-state index is 10.8. The van der Waals surface area contributed by atoms with Crippen LogP contribution in [0.2, 0.25) is 0 Å². The molecule has 0 aromatic rings. The van der Waals surface area contributed by atoms with Crippen molar-refractivity contribution in [3.8, 4) is 0 Å². The summed E-state index contributed by atoms with van der Waals surface area (Å²) in [5, 5.41) is 8.90. The molecule has 1 rings (SSSR count). The molecule has 1 aliphatic heterocycles. The second-order valence-electron chi connectivity index (χ2n) is 3.64. The zero-order valence-electron chi connectivity index (χ0n) is 8.74. The largest absolute Gasteiger partial charge is 0.480 e. The van der Waals surface area contributed by atoms with Crippen LogP contribution >= 0.6 is 0 Å². The molecular weight excluding hydrogens is 182 g/mol. The van der Waals surface area contributed by atoms with E-state index >= 15 is 0 Å². The van der Waals surface area contributed by atoms with E-state index in [0.717, 1.165) is 39.0 Å². The van der Waals surface area contributed by atoms with Gasteiger partial charge in [-0.05, 0) is 25.8 Å². The van der Waals surface area contributed by atoms with Crippen LogP contribution in [0.1, 0.15) is 26.2 Å². The molecule has 82 valence electrons. The van der Waals surface area contributed by atoms with Crippen molar-refractivity contribution < 1.29 is 14.6 Å². The molecule has 4 heteroatoms. The van der Waals surface area contributed by atoms with Gasteiger partial charge in [-0.1, -0.05) is 6.92 Å². The third kappa shape index (κ3) is 3.27. The van der Waals surface area contributed by atoms with Gasteiger partial charge >= 0.3 is 5.97 Å². The molecule has 0 amide bonds. The summed E-state index contributed by atoms with van der Waals surface area (Å²) in [5.74, 6) is -0.696. The van der Waals surface area contributed by atoms with Crippen molar-refractivity contribution in [2.24, 2.45) is 0 Å². The van der Waals surface area contributed by atoms with Crippen LogP contribution in [0.3, 0.4) is 0 Å². The highest BCUT2D eigenvalue weighted by Gasteiger charge is 2.29. The molecule has 1 N–H and O–H groups in total. The Morgan fingerprint density at radius 1 is 1.57 bits per heavy atom. The number of aliphatic carboxylic acids is 1. The third-order valence-electron chi connectivity index (χ3n) is 2.52. The molecule has 1 saturated heterocycles. The monoisotopic (exact) mass is 201 g/mol. The lowest BCUT2D eigenvalue weighted by atomic mass is 10.2. The van der Waals surface area contributed by atoms with Crippen LogP contribution in [-0.4, -0.2) is 48.3 Å². The second kappa shape index (κ2) is 5.98. The first-order chi connectivity index (χ1) is 6.75. The summed E-state index contributed by atoms with van der Waals surface area (Å²) in [6.07, 6.45) is 2.79. The Balaban J connectivity index is 2.19. The van der Waals surface area contributed by atoms with E-state index in [1.165, 1.54) is 0 Å². The minimum atomic E-state index is -0.696. The predicted molar refractivity (Wildman–Crippen MR) is 53.3 cm³/mol. The summed E-state index contributed by atoms with van der Waals surface area (Å²) in [6.45, 7) is 5.13. The fourth-order valence-corrected chi connectivity index (χ4v) is 1.80. The molecule has 1 unspecified atom stereocenters. The summed E-state index contributed by atoms with van der Waals surface area (Å²) in [4.78, 5) is 12.8. The lowest BCUT2D eigenvalue weighted by Crippen LogP contribution is -2.38. The average molecular weight is 201 g/mol. The first-order valence-corrected chi connectivity index (χ1v) is 5.30. The van der Waals surface area contributed by atoms with Gasteiger partial charge in [0.2, 0.25) is 0 Å². The number of nitrogens with zero attached hydrogens (tertiary/aromatic N) is 1. The fraction of sp³-hybridized carbons (Fsp3) is 0.900. The lowest BCUT2D eigenvalue weighted by molar-refractivity contribution is -0.142. The molecule has 0 bridgehead atoms. The predicted octanol–water partition coefficient (Wildman–Crippen LogP) is 0.962. The quantitative estimate of drug-likeness (QED) is 0.650. The van der Waals surface area contributed by atoms with Crippen LogP contribution in [0.15, 0.2) is 0 Å². The van der Waals surface area contributed by atoms with Gasteiger partial charge in [0.05, 0.1) is 6.61 Å². The van der Waals surface area contributed by atoms with Crippen LogP contribution in [0, 0.1) is 0 Å². The lowest BCUT2D eigenvalue weighted by Gasteiger charge is -2.20. The Kier molecular flexibility index (Phi) is 4.90. The number of hydrogen-bond acceptors (Lipinski definition) is 3. The first-order valence-electron chi connectivity index (χ1n) is 5.30. The number of likely N-dealkylation sites (tertiary alicyclic amines) is 1. The summed E-state index contributed by atoms with van der Waals surface area (Å²) in [5.41, 5.74) is 0. The molecule has 4 nitrogen and oxygen atoms in total. The van der Waals surface area contributed by atoms with E-state index in [9.17, 15) is 4.79 Å². The molecule has 1 heterocycles. The second-order valence-corrected chi connectivity index (χ2v) is 3.64. The standard InChI is InChI=1S/C10H19NO3/c1-2-7-14-8-6-11-5-3-4-9(11)10(12)13/h9H,2-8H2,1H3,(H,12,13). The van der Waals surface area contributed by atoms with E-state index in [2.05, 4.69) is 6.92 Å². The minimum Gasteiger partial charge on any atom is -0.480 e. The van der Waals surface area contributed by atoms with Crippen molar-refractivity contribution in [2.45, 2.75) is 32.2 Å². The highest BCUT2D eigenvalue weighted by Crippen LogP contribution is 2.16. The highest BCUT2D eigenvalue weighted by atomic mass is 16.5. The van der Waals surface area contributed by atoms with Crippen LogP contribution in [-0.2, 0) is 9.53 Å². The third-order valence-corrected chi connectivity index (χ3v) is 2.52. The van der Waals surface area contributed by atoms with Crippen LogP contribution in [0.4, 0.5) is 0 Å². The molecule has 1 fully saturated rings. The Morgan fingerprint density at radius 3 is 3.00 bits per heavy atom. The summed E-state index contributed by atoms with van der Waals surface area (Å²) >= 11 is 0. The smallest absolute Gasteiger partial charge is 0.320 e. The van der Waals surface area contributed by atoms with Crippen molar-refractivity contribution in [2.75, 3.05) is 26.3 Å². The molecule has 0 saturated carbocycles. The van der Waals surface area contributed by atoms with Gasteiger partial charge in [0.25, 0.3) is 0 Å². The number of ether oxygens (including phenoxy) is 1. The SMILES string of the molecule is CCCOCCN1CCCC1C(=O)O. The van der Waals surface area contributed by atoms with Crippen molar-refractivity contribution in [3.63, 3.8) is 0 Å². The Hall–Kier alpha value is -0.610. The minimum absolute atomic E-state index is 0.278. The van der Waals surface area contributed by atoms with Gasteiger partial charge < -0.3 is 9.84 Å². The maximum absolute atomic E-state index is 10.8. The van der Waals surface area contributed by atoms with Crippen molar-refractivity contribution in [1.29, 1.82) is 0 Å². The maximum Gasteiger partial charge on any atom is 0.320 e. The van der Waals surface area contributed by atoms with Gasteiger partial charge in [0, 0.05) is 13.2 Å². The number of carboxylic acid groups (broad SMARTS) is 1. The van der Waals surface area contributed by atoms with Gasteiger partial charge in [0.15, 0.2) is 0 Å². The van der Waals surface area contributed by atoms with Crippen LogP contribution in [0.5, 0.6) is 0 Å². The fourth-order valence-electron chi connectivity index (χ4n) is 1.80. The van der Waals surface area contributed by atoms with E-state index in [1.807, 2.05) is 4.90 Å². The van der Waals surface area contributed by atoms with E-state index in [4.69, 9.17) is 9.84 Å². The normalized spacial score (nSPS) is 22.8. The molecule has 1 atom stereocenters. The Bertz CT molecular complexity index is 184. The van der Waals surface area contributed by atoms with Gasteiger partial charge in [0.1, 0.15) is 6.04 Å². The van der Waals surface area contributed by atoms with Gasteiger partial charge in [-0.2, -0.15) is 0 Å². The molecule has 14 heavy (non-hydrogen) atoms. The summed E-state index contributed by atoms with van der Waals surface area (Å²) < 4.78 is 5.34. The molecule has 0 aromatic carbocycles. The van der Waals surface area contributed by atoms with E-state index in [0.29, 0.717) is 6.61 Å². The number of hydrogen-bond donors (Lipinski definition) is 1. The number of carboxylic acids is 1. The van der Waals surface area contributed by atoms with Crippen molar-refractivity contribution >= 4 is 5.97 Å². The average Bonchev–Trinajstić information content (AvgIpc) is 2.60. The van der Waals surface area contributed by atoms with E-state index < -0.39 is 5.97 Å². The van der Waals surface area contributed by atoms with Crippen LogP contribution in [0.25, 0.3) is 0 Å². The van der Waals surface area contributed by atoms with E-state index in [-0.39, 0.29) is 6.04 Å². The summed E-state index contributed by atoms with van der Waals surface area (Å²) in [6, 6.07) is -0.278. The van der Waals surface area contributed by atoms with Crippen molar-refractivity contribution in [3.05, 3.63) is 0 Å².